The number of hydrogen-bond acceptors (Lipinski definition) is 6. The average Bonchev–Trinajstić information content (AvgIpc) is 2.62. The Kier molecular flexibility index (Phi) is 5.79. The molecule has 2 heterocycles. The first-order valence-electron chi connectivity index (χ1n) is 7.69. The smallest absolute Gasteiger partial charge is 0.257 e. The molecule has 0 unspecified atom stereocenters. The van der Waals surface area contributed by atoms with E-state index in [0.717, 1.165) is 11.3 Å². The number of sulfone groups is 1. The van der Waals surface area contributed by atoms with Crippen LogP contribution in [-0.4, -0.2) is 30.5 Å². The highest BCUT2D eigenvalue weighted by molar-refractivity contribution is 7.99. The Hall–Kier alpha value is -2.42. The molecule has 0 aliphatic heterocycles. The lowest BCUT2D eigenvalue weighted by Gasteiger charge is -2.09. The summed E-state index contributed by atoms with van der Waals surface area (Å²) in [6, 6.07) is 12.9. The van der Waals surface area contributed by atoms with Crippen molar-refractivity contribution >= 4 is 44.8 Å². The summed E-state index contributed by atoms with van der Waals surface area (Å²) in [5.41, 5.74) is 0.588. The molecule has 1 amide bonds. The van der Waals surface area contributed by atoms with Crippen molar-refractivity contribution < 1.29 is 13.2 Å². The standard InChI is InChI=1S/C18H14ClN3O3S2/c1-27(24,25)13-5-6-15(19)14(11-13)18(23)22-12-7-9-21-17(10-12)26-16-4-2-3-8-20-16/h2-11H,1H3,(H,21,22,23). The number of nitrogens with zero attached hydrogens (tertiary/aromatic N) is 2. The Morgan fingerprint density at radius 1 is 1.04 bits per heavy atom. The van der Waals surface area contributed by atoms with Gasteiger partial charge in [0, 0.05) is 24.3 Å². The highest BCUT2D eigenvalue weighted by atomic mass is 35.5. The molecule has 0 fully saturated rings. The van der Waals surface area contributed by atoms with E-state index >= 15 is 0 Å². The van der Waals surface area contributed by atoms with Crippen LogP contribution in [0.4, 0.5) is 5.69 Å². The van der Waals surface area contributed by atoms with Crippen molar-refractivity contribution in [3.8, 4) is 0 Å². The largest absolute Gasteiger partial charge is 0.322 e. The number of hydrogen-bond donors (Lipinski definition) is 1. The van der Waals surface area contributed by atoms with Gasteiger partial charge in [-0.2, -0.15) is 0 Å². The molecule has 27 heavy (non-hydrogen) atoms. The van der Waals surface area contributed by atoms with Gasteiger partial charge in [-0.05, 0) is 42.5 Å². The van der Waals surface area contributed by atoms with Crippen LogP contribution in [0, 0.1) is 0 Å². The monoisotopic (exact) mass is 419 g/mol. The molecule has 3 aromatic rings. The fraction of sp³-hybridized carbons (Fsp3) is 0.0556. The van der Waals surface area contributed by atoms with E-state index in [1.54, 1.807) is 24.5 Å². The Balaban J connectivity index is 1.81. The predicted octanol–water partition coefficient (Wildman–Crippen LogP) is 3.94. The van der Waals surface area contributed by atoms with Gasteiger partial charge in [0.15, 0.2) is 9.84 Å². The Bertz CT molecular complexity index is 1090. The van der Waals surface area contributed by atoms with Gasteiger partial charge in [0.1, 0.15) is 10.1 Å². The minimum absolute atomic E-state index is 0.0261. The molecular formula is C18H14ClN3O3S2. The van der Waals surface area contributed by atoms with E-state index in [4.69, 9.17) is 11.6 Å². The average molecular weight is 420 g/mol. The lowest BCUT2D eigenvalue weighted by molar-refractivity contribution is 0.102. The molecule has 0 spiro atoms. The number of rotatable bonds is 5. The van der Waals surface area contributed by atoms with E-state index in [0.29, 0.717) is 10.7 Å². The maximum atomic E-state index is 12.6. The molecule has 0 radical (unpaired) electrons. The molecule has 9 heteroatoms. The number of pyridine rings is 2. The van der Waals surface area contributed by atoms with Gasteiger partial charge in [-0.3, -0.25) is 4.79 Å². The highest BCUT2D eigenvalue weighted by Gasteiger charge is 2.16. The molecule has 6 nitrogen and oxygen atoms in total. The maximum absolute atomic E-state index is 12.6. The third-order valence-corrected chi connectivity index (χ3v) is 5.77. The highest BCUT2D eigenvalue weighted by Crippen LogP contribution is 2.26. The SMILES string of the molecule is CS(=O)(=O)c1ccc(Cl)c(C(=O)Nc2ccnc(Sc3ccccn3)c2)c1. The summed E-state index contributed by atoms with van der Waals surface area (Å²) in [6.07, 6.45) is 4.32. The molecule has 0 saturated carbocycles. The van der Waals surface area contributed by atoms with Crippen molar-refractivity contribution in [1.29, 1.82) is 0 Å². The van der Waals surface area contributed by atoms with E-state index < -0.39 is 15.7 Å². The quantitative estimate of drug-likeness (QED) is 0.673. The predicted molar refractivity (Wildman–Crippen MR) is 105 cm³/mol. The first-order valence-corrected chi connectivity index (χ1v) is 10.8. The van der Waals surface area contributed by atoms with Gasteiger partial charge < -0.3 is 5.32 Å². The Morgan fingerprint density at radius 2 is 1.81 bits per heavy atom. The second kappa shape index (κ2) is 8.08. The van der Waals surface area contributed by atoms with Crippen LogP contribution in [0.3, 0.4) is 0 Å². The first-order chi connectivity index (χ1) is 12.8. The number of nitrogens with one attached hydrogen (secondary N) is 1. The number of aromatic nitrogens is 2. The molecule has 1 aromatic carbocycles. The first kappa shape index (κ1) is 19.3. The third-order valence-electron chi connectivity index (χ3n) is 3.45. The maximum Gasteiger partial charge on any atom is 0.257 e. The minimum Gasteiger partial charge on any atom is -0.322 e. The minimum atomic E-state index is -3.45. The van der Waals surface area contributed by atoms with E-state index in [2.05, 4.69) is 15.3 Å². The van der Waals surface area contributed by atoms with Gasteiger partial charge >= 0.3 is 0 Å². The second-order valence-electron chi connectivity index (χ2n) is 5.52. The van der Waals surface area contributed by atoms with E-state index in [1.807, 2.05) is 18.2 Å². The molecule has 3 rings (SSSR count). The molecular weight excluding hydrogens is 406 g/mol. The topological polar surface area (TPSA) is 89.0 Å². The molecule has 138 valence electrons. The Morgan fingerprint density at radius 3 is 2.52 bits per heavy atom. The van der Waals surface area contributed by atoms with Crippen LogP contribution >= 0.6 is 23.4 Å². The van der Waals surface area contributed by atoms with Crippen LogP contribution in [0.2, 0.25) is 5.02 Å². The van der Waals surface area contributed by atoms with E-state index in [1.165, 1.54) is 30.0 Å². The van der Waals surface area contributed by atoms with Crippen LogP contribution < -0.4 is 5.32 Å². The summed E-state index contributed by atoms with van der Waals surface area (Å²) in [5, 5.41) is 4.31. The van der Waals surface area contributed by atoms with Crippen molar-refractivity contribution in [3.05, 3.63) is 71.5 Å². The van der Waals surface area contributed by atoms with E-state index in [-0.39, 0.29) is 15.5 Å². The zero-order chi connectivity index (χ0) is 19.4. The van der Waals surface area contributed by atoms with Gasteiger partial charge in [-0.25, -0.2) is 18.4 Å². The van der Waals surface area contributed by atoms with Crippen molar-refractivity contribution in [2.75, 3.05) is 11.6 Å². The molecule has 0 saturated heterocycles. The van der Waals surface area contributed by atoms with Crippen LogP contribution in [0.5, 0.6) is 0 Å². The number of carbonyl (C=O) groups is 1. The summed E-state index contributed by atoms with van der Waals surface area (Å²) in [6.45, 7) is 0. The fourth-order valence-electron chi connectivity index (χ4n) is 2.17. The third kappa shape index (κ3) is 5.06. The van der Waals surface area contributed by atoms with E-state index in [9.17, 15) is 13.2 Å². The van der Waals surface area contributed by atoms with Crippen LogP contribution in [0.25, 0.3) is 0 Å². The summed E-state index contributed by atoms with van der Waals surface area (Å²) >= 11 is 7.42. The summed E-state index contributed by atoms with van der Waals surface area (Å²) in [7, 11) is -3.45. The molecule has 0 aliphatic carbocycles. The molecule has 2 aromatic heterocycles. The lowest BCUT2D eigenvalue weighted by atomic mass is 10.2. The number of benzene rings is 1. The van der Waals surface area contributed by atoms with Gasteiger partial charge in [-0.1, -0.05) is 29.4 Å². The summed E-state index contributed by atoms with van der Waals surface area (Å²) < 4.78 is 23.4. The van der Waals surface area contributed by atoms with Crippen molar-refractivity contribution in [2.45, 2.75) is 14.9 Å². The van der Waals surface area contributed by atoms with Crippen molar-refractivity contribution in [1.82, 2.24) is 9.97 Å². The second-order valence-corrected chi connectivity index (χ2v) is 8.98. The summed E-state index contributed by atoms with van der Waals surface area (Å²) in [5.74, 6) is -0.509. The van der Waals surface area contributed by atoms with Crippen molar-refractivity contribution in [3.63, 3.8) is 0 Å². The van der Waals surface area contributed by atoms with Gasteiger partial charge in [0.05, 0.1) is 15.5 Å². The molecule has 0 bridgehead atoms. The summed E-state index contributed by atoms with van der Waals surface area (Å²) in [4.78, 5) is 21.0. The van der Waals surface area contributed by atoms with Gasteiger partial charge in [0.2, 0.25) is 0 Å². The van der Waals surface area contributed by atoms with Gasteiger partial charge in [-0.15, -0.1) is 0 Å². The molecule has 1 N–H and O–H groups in total. The number of amides is 1. The van der Waals surface area contributed by atoms with Gasteiger partial charge in [0.25, 0.3) is 5.91 Å². The fourth-order valence-corrected chi connectivity index (χ4v) is 3.79. The molecule has 0 atom stereocenters. The van der Waals surface area contributed by atoms with Crippen molar-refractivity contribution in [2.24, 2.45) is 0 Å². The molecule has 0 aliphatic rings. The zero-order valence-electron chi connectivity index (χ0n) is 14.1. The lowest BCUT2D eigenvalue weighted by Crippen LogP contribution is -2.13. The van der Waals surface area contributed by atoms with Crippen LogP contribution in [0.1, 0.15) is 10.4 Å². The van der Waals surface area contributed by atoms with Crippen LogP contribution in [-0.2, 0) is 9.84 Å². The van der Waals surface area contributed by atoms with Crippen LogP contribution in [0.15, 0.2) is 75.9 Å². The Labute approximate surface area is 165 Å². The zero-order valence-corrected chi connectivity index (χ0v) is 16.5. The number of carbonyl (C=O) groups excluding carboxylic acids is 1. The normalized spacial score (nSPS) is 11.2. The number of anilines is 1. The number of halogens is 1.